The Morgan fingerprint density at radius 3 is 2.73 bits per heavy atom. The van der Waals surface area contributed by atoms with Gasteiger partial charge in [0.25, 0.3) is 0 Å². The van der Waals surface area contributed by atoms with Crippen LogP contribution < -0.4 is 0 Å². The van der Waals surface area contributed by atoms with Gasteiger partial charge in [0, 0.05) is 17.5 Å². The number of benzene rings is 1. The van der Waals surface area contributed by atoms with E-state index in [1.165, 1.54) is 17.4 Å². The molecule has 0 N–H and O–H groups in total. The molecule has 1 aromatic carbocycles. The van der Waals surface area contributed by atoms with Crippen LogP contribution >= 0.6 is 11.6 Å². The van der Waals surface area contributed by atoms with Gasteiger partial charge in [-0.15, -0.1) is 11.6 Å². The van der Waals surface area contributed by atoms with Crippen molar-refractivity contribution < 1.29 is 0 Å². The SMILES string of the molecule is CCCc1ccc2ncc(CCl)cc2c1. The molecule has 0 saturated heterocycles. The Hall–Kier alpha value is -1.08. The highest BCUT2D eigenvalue weighted by Crippen LogP contribution is 2.17. The molecule has 0 saturated carbocycles. The number of hydrogen-bond acceptors (Lipinski definition) is 1. The first kappa shape index (κ1) is 10.4. The molecule has 0 aliphatic carbocycles. The molecule has 0 aliphatic rings. The summed E-state index contributed by atoms with van der Waals surface area (Å²) in [5.41, 5.74) is 3.50. The highest BCUT2D eigenvalue weighted by molar-refractivity contribution is 6.17. The summed E-state index contributed by atoms with van der Waals surface area (Å²) in [5.74, 6) is 0.529. The number of rotatable bonds is 3. The molecule has 1 heterocycles. The topological polar surface area (TPSA) is 12.9 Å². The molecule has 1 nitrogen and oxygen atoms in total. The number of aromatic nitrogens is 1. The summed E-state index contributed by atoms with van der Waals surface area (Å²) in [4.78, 5) is 4.37. The van der Waals surface area contributed by atoms with Crippen molar-refractivity contribution >= 4 is 22.5 Å². The predicted molar refractivity (Wildman–Crippen MR) is 65.3 cm³/mol. The van der Waals surface area contributed by atoms with E-state index in [-0.39, 0.29) is 0 Å². The second kappa shape index (κ2) is 4.63. The first-order chi connectivity index (χ1) is 7.33. The highest BCUT2D eigenvalue weighted by Gasteiger charge is 1.98. The summed E-state index contributed by atoms with van der Waals surface area (Å²) in [5, 5.41) is 1.19. The molecule has 2 aromatic rings. The van der Waals surface area contributed by atoms with E-state index in [1.54, 1.807) is 0 Å². The van der Waals surface area contributed by atoms with Crippen molar-refractivity contribution in [2.24, 2.45) is 0 Å². The largest absolute Gasteiger partial charge is 0.256 e. The number of fused-ring (bicyclic) bond motifs is 1. The molecule has 2 rings (SSSR count). The Morgan fingerprint density at radius 2 is 2.00 bits per heavy atom. The van der Waals surface area contributed by atoms with E-state index >= 15 is 0 Å². The molecular formula is C13H14ClN. The Morgan fingerprint density at radius 1 is 1.20 bits per heavy atom. The fourth-order valence-electron chi connectivity index (χ4n) is 1.74. The molecule has 0 amide bonds. The minimum atomic E-state index is 0.529. The van der Waals surface area contributed by atoms with Crippen molar-refractivity contribution in [2.45, 2.75) is 25.6 Å². The van der Waals surface area contributed by atoms with E-state index in [4.69, 9.17) is 11.6 Å². The molecule has 0 radical (unpaired) electrons. The van der Waals surface area contributed by atoms with Crippen LogP contribution in [0.5, 0.6) is 0 Å². The van der Waals surface area contributed by atoms with Crippen molar-refractivity contribution in [2.75, 3.05) is 0 Å². The summed E-state index contributed by atoms with van der Waals surface area (Å²) < 4.78 is 0. The second-order valence-electron chi connectivity index (χ2n) is 3.75. The van der Waals surface area contributed by atoms with Crippen molar-refractivity contribution in [1.29, 1.82) is 0 Å². The van der Waals surface area contributed by atoms with Gasteiger partial charge in [0.2, 0.25) is 0 Å². The van der Waals surface area contributed by atoms with Crippen LogP contribution in [0.25, 0.3) is 10.9 Å². The zero-order valence-corrected chi connectivity index (χ0v) is 9.59. The third-order valence-corrected chi connectivity index (χ3v) is 2.80. The lowest BCUT2D eigenvalue weighted by Gasteiger charge is -2.03. The van der Waals surface area contributed by atoms with Crippen LogP contribution in [0, 0.1) is 0 Å². The number of pyridine rings is 1. The van der Waals surface area contributed by atoms with E-state index in [9.17, 15) is 0 Å². The molecule has 78 valence electrons. The first-order valence-electron chi connectivity index (χ1n) is 5.27. The van der Waals surface area contributed by atoms with Gasteiger partial charge in [-0.05, 0) is 35.7 Å². The molecular weight excluding hydrogens is 206 g/mol. The normalized spacial score (nSPS) is 10.8. The molecule has 15 heavy (non-hydrogen) atoms. The Balaban J connectivity index is 2.48. The molecule has 0 atom stereocenters. The van der Waals surface area contributed by atoms with Gasteiger partial charge in [-0.2, -0.15) is 0 Å². The van der Waals surface area contributed by atoms with Crippen LogP contribution in [0.2, 0.25) is 0 Å². The van der Waals surface area contributed by atoms with Crippen LogP contribution in [0.3, 0.4) is 0 Å². The lowest BCUT2D eigenvalue weighted by molar-refractivity contribution is 0.923. The molecule has 0 bridgehead atoms. The Labute approximate surface area is 95.1 Å². The van der Waals surface area contributed by atoms with Crippen LogP contribution in [0.1, 0.15) is 24.5 Å². The van der Waals surface area contributed by atoms with Crippen molar-refractivity contribution in [3.05, 3.63) is 41.6 Å². The molecule has 0 aliphatic heterocycles. The summed E-state index contributed by atoms with van der Waals surface area (Å²) in [6.07, 6.45) is 4.14. The van der Waals surface area contributed by atoms with Gasteiger partial charge in [0.1, 0.15) is 0 Å². The molecule has 0 unspecified atom stereocenters. The number of nitrogens with zero attached hydrogens (tertiary/aromatic N) is 1. The van der Waals surface area contributed by atoms with E-state index < -0.39 is 0 Å². The van der Waals surface area contributed by atoms with Gasteiger partial charge in [0.15, 0.2) is 0 Å². The first-order valence-corrected chi connectivity index (χ1v) is 5.80. The number of aryl methyl sites for hydroxylation is 1. The van der Waals surface area contributed by atoms with Gasteiger partial charge in [-0.3, -0.25) is 4.98 Å². The van der Waals surface area contributed by atoms with Crippen molar-refractivity contribution in [1.82, 2.24) is 4.98 Å². The average molecular weight is 220 g/mol. The van der Waals surface area contributed by atoms with Gasteiger partial charge in [0.05, 0.1) is 5.52 Å². The lowest BCUT2D eigenvalue weighted by Crippen LogP contribution is -1.87. The van der Waals surface area contributed by atoms with E-state index in [0.29, 0.717) is 5.88 Å². The predicted octanol–water partition coefficient (Wildman–Crippen LogP) is 3.93. The quantitative estimate of drug-likeness (QED) is 0.713. The van der Waals surface area contributed by atoms with E-state index in [2.05, 4.69) is 36.2 Å². The number of halogens is 1. The standard InChI is InChI=1S/C13H14ClN/c1-2-3-10-4-5-13-12(6-10)7-11(8-14)9-15-13/h4-7,9H,2-3,8H2,1H3. The van der Waals surface area contributed by atoms with Gasteiger partial charge >= 0.3 is 0 Å². The molecule has 0 spiro atoms. The maximum Gasteiger partial charge on any atom is 0.0702 e. The molecule has 2 heteroatoms. The van der Waals surface area contributed by atoms with Gasteiger partial charge in [-0.1, -0.05) is 19.4 Å². The zero-order valence-electron chi connectivity index (χ0n) is 8.83. The molecule has 1 aromatic heterocycles. The maximum absolute atomic E-state index is 5.79. The number of alkyl halides is 1. The smallest absolute Gasteiger partial charge is 0.0702 e. The maximum atomic E-state index is 5.79. The fourth-order valence-corrected chi connectivity index (χ4v) is 1.89. The van der Waals surface area contributed by atoms with Crippen LogP contribution in [-0.4, -0.2) is 4.98 Å². The average Bonchev–Trinajstić information content (AvgIpc) is 2.28. The van der Waals surface area contributed by atoms with Crippen molar-refractivity contribution in [3.8, 4) is 0 Å². The van der Waals surface area contributed by atoms with Gasteiger partial charge < -0.3 is 0 Å². The number of hydrogen-bond donors (Lipinski definition) is 0. The van der Waals surface area contributed by atoms with Crippen LogP contribution in [0.15, 0.2) is 30.5 Å². The zero-order chi connectivity index (χ0) is 10.7. The van der Waals surface area contributed by atoms with Crippen molar-refractivity contribution in [3.63, 3.8) is 0 Å². The lowest BCUT2D eigenvalue weighted by atomic mass is 10.1. The highest BCUT2D eigenvalue weighted by atomic mass is 35.5. The van der Waals surface area contributed by atoms with Crippen LogP contribution in [0.4, 0.5) is 0 Å². The summed E-state index contributed by atoms with van der Waals surface area (Å²) in [7, 11) is 0. The minimum Gasteiger partial charge on any atom is -0.256 e. The molecule has 0 fully saturated rings. The Kier molecular flexibility index (Phi) is 3.22. The minimum absolute atomic E-state index is 0.529. The summed E-state index contributed by atoms with van der Waals surface area (Å²) >= 11 is 5.79. The second-order valence-corrected chi connectivity index (χ2v) is 4.02. The summed E-state index contributed by atoms with van der Waals surface area (Å²) in [6.45, 7) is 2.19. The Bertz CT molecular complexity index is 465. The van der Waals surface area contributed by atoms with E-state index in [1.807, 2.05) is 6.20 Å². The van der Waals surface area contributed by atoms with E-state index in [0.717, 1.165) is 17.5 Å². The fraction of sp³-hybridized carbons (Fsp3) is 0.308. The third-order valence-electron chi connectivity index (χ3n) is 2.50. The third kappa shape index (κ3) is 2.29. The summed E-state index contributed by atoms with van der Waals surface area (Å²) in [6, 6.07) is 8.56. The van der Waals surface area contributed by atoms with Gasteiger partial charge in [-0.25, -0.2) is 0 Å². The van der Waals surface area contributed by atoms with Crippen LogP contribution in [-0.2, 0) is 12.3 Å². The monoisotopic (exact) mass is 219 g/mol.